The van der Waals surface area contributed by atoms with Crippen LogP contribution in [0.5, 0.6) is 0 Å². The topological polar surface area (TPSA) is 83.1 Å². The third-order valence-corrected chi connectivity index (χ3v) is 6.03. The number of aromatic nitrogens is 6. The lowest BCUT2D eigenvalue weighted by molar-refractivity contribution is 0.627. The fourth-order valence-electron chi connectivity index (χ4n) is 2.63. The highest BCUT2D eigenvalue weighted by atomic mass is 32.2. The van der Waals surface area contributed by atoms with Crippen LogP contribution in [0.15, 0.2) is 58.8 Å². The van der Waals surface area contributed by atoms with Gasteiger partial charge >= 0.3 is 0 Å². The maximum absolute atomic E-state index is 13.0. The Kier molecular flexibility index (Phi) is 6.75. The van der Waals surface area contributed by atoms with Gasteiger partial charge in [-0.2, -0.15) is 0 Å². The van der Waals surface area contributed by atoms with Gasteiger partial charge in [0.15, 0.2) is 11.6 Å². The van der Waals surface area contributed by atoms with E-state index < -0.39 is 0 Å². The van der Waals surface area contributed by atoms with Crippen molar-refractivity contribution in [2.75, 3.05) is 11.5 Å². The van der Waals surface area contributed by atoms with Gasteiger partial charge in [-0.3, -0.25) is 10.2 Å². The SMILES string of the molecule is Fc1ccc(-c2nc(SCCCCSc3n[nH]c(-c4ccc(F)cc4)n3)n[nH]2)cc1. The number of nitrogens with zero attached hydrogens (tertiary/aromatic N) is 4. The minimum Gasteiger partial charge on any atom is -0.258 e. The molecular formula is C20H18F2N6S2. The van der Waals surface area contributed by atoms with Gasteiger partial charge in [-0.05, 0) is 61.4 Å². The van der Waals surface area contributed by atoms with Crippen molar-refractivity contribution < 1.29 is 8.78 Å². The predicted molar refractivity (Wildman–Crippen MR) is 114 cm³/mol. The van der Waals surface area contributed by atoms with E-state index in [1.807, 2.05) is 0 Å². The predicted octanol–water partition coefficient (Wildman–Crippen LogP) is 5.20. The number of aromatic amines is 2. The van der Waals surface area contributed by atoms with Crippen LogP contribution in [0.1, 0.15) is 12.8 Å². The van der Waals surface area contributed by atoms with Gasteiger partial charge in [-0.1, -0.05) is 23.5 Å². The van der Waals surface area contributed by atoms with Crippen LogP contribution in [0.2, 0.25) is 0 Å². The Bertz CT molecular complexity index is 992. The van der Waals surface area contributed by atoms with Gasteiger partial charge in [0.25, 0.3) is 0 Å². The minimum atomic E-state index is -0.276. The standard InChI is InChI=1S/C20H18F2N6S2/c21-15-7-3-13(4-8-15)17-23-19(27-25-17)29-11-1-2-12-30-20-24-18(26-28-20)14-5-9-16(22)10-6-14/h3-10H,1-2,11-12H2,(H,23,25,27)(H,24,26,28). The average Bonchev–Trinajstić information content (AvgIpc) is 3.42. The molecule has 0 bridgehead atoms. The molecule has 0 aliphatic carbocycles. The zero-order chi connectivity index (χ0) is 20.8. The summed E-state index contributed by atoms with van der Waals surface area (Å²) in [6.45, 7) is 0. The fraction of sp³-hybridized carbons (Fsp3) is 0.200. The summed E-state index contributed by atoms with van der Waals surface area (Å²) in [4.78, 5) is 8.87. The first-order valence-electron chi connectivity index (χ1n) is 9.30. The number of benzene rings is 2. The maximum Gasteiger partial charge on any atom is 0.208 e. The van der Waals surface area contributed by atoms with Crippen LogP contribution in [-0.2, 0) is 0 Å². The molecule has 2 aromatic heterocycles. The molecule has 30 heavy (non-hydrogen) atoms. The van der Waals surface area contributed by atoms with Crippen molar-refractivity contribution >= 4 is 23.5 Å². The van der Waals surface area contributed by atoms with E-state index in [0.717, 1.165) is 35.5 Å². The van der Waals surface area contributed by atoms with Crippen molar-refractivity contribution in [3.05, 3.63) is 60.2 Å². The molecule has 0 radical (unpaired) electrons. The molecule has 0 unspecified atom stereocenters. The zero-order valence-corrected chi connectivity index (χ0v) is 17.4. The van der Waals surface area contributed by atoms with Gasteiger partial charge in [0.1, 0.15) is 11.6 Å². The molecule has 6 nitrogen and oxygen atoms in total. The average molecular weight is 445 g/mol. The largest absolute Gasteiger partial charge is 0.258 e. The number of thioether (sulfide) groups is 2. The summed E-state index contributed by atoms with van der Waals surface area (Å²) >= 11 is 3.17. The number of hydrogen-bond acceptors (Lipinski definition) is 6. The van der Waals surface area contributed by atoms with E-state index in [1.165, 1.54) is 24.3 Å². The van der Waals surface area contributed by atoms with Crippen LogP contribution in [0.4, 0.5) is 8.78 Å². The molecule has 10 heteroatoms. The molecule has 0 aliphatic rings. The lowest BCUT2D eigenvalue weighted by Crippen LogP contribution is -1.87. The van der Waals surface area contributed by atoms with Crippen molar-refractivity contribution in [3.8, 4) is 22.8 Å². The van der Waals surface area contributed by atoms with E-state index in [0.29, 0.717) is 22.0 Å². The Balaban J connectivity index is 1.17. The summed E-state index contributed by atoms with van der Waals surface area (Å²) in [5.74, 6) is 2.51. The lowest BCUT2D eigenvalue weighted by atomic mass is 10.2. The highest BCUT2D eigenvalue weighted by molar-refractivity contribution is 7.99. The highest BCUT2D eigenvalue weighted by Crippen LogP contribution is 2.22. The first-order chi connectivity index (χ1) is 14.7. The molecular weight excluding hydrogens is 426 g/mol. The van der Waals surface area contributed by atoms with E-state index in [1.54, 1.807) is 47.8 Å². The van der Waals surface area contributed by atoms with Gasteiger partial charge in [0.05, 0.1) is 0 Å². The molecule has 0 saturated carbocycles. The molecule has 4 aromatic rings. The second kappa shape index (κ2) is 9.86. The molecule has 0 fully saturated rings. The molecule has 2 N–H and O–H groups in total. The van der Waals surface area contributed by atoms with Crippen LogP contribution in [0.3, 0.4) is 0 Å². The minimum absolute atomic E-state index is 0.276. The first kappa shape index (κ1) is 20.5. The summed E-state index contributed by atoms with van der Waals surface area (Å²) in [5, 5.41) is 15.5. The smallest absolute Gasteiger partial charge is 0.208 e. The van der Waals surface area contributed by atoms with Crippen LogP contribution in [-0.4, -0.2) is 41.9 Å². The summed E-state index contributed by atoms with van der Waals surface area (Å²) in [6.07, 6.45) is 2.01. The van der Waals surface area contributed by atoms with Crippen molar-refractivity contribution in [1.82, 2.24) is 30.4 Å². The van der Waals surface area contributed by atoms with E-state index in [9.17, 15) is 8.78 Å². The summed E-state index contributed by atoms with van der Waals surface area (Å²) in [7, 11) is 0. The number of hydrogen-bond donors (Lipinski definition) is 2. The van der Waals surface area contributed by atoms with E-state index in [-0.39, 0.29) is 11.6 Å². The second-order valence-corrected chi connectivity index (χ2v) is 8.48. The molecule has 2 heterocycles. The molecule has 0 amide bonds. The summed E-state index contributed by atoms with van der Waals surface area (Å²) in [6, 6.07) is 12.3. The van der Waals surface area contributed by atoms with Crippen molar-refractivity contribution in [1.29, 1.82) is 0 Å². The lowest BCUT2D eigenvalue weighted by Gasteiger charge is -1.98. The van der Waals surface area contributed by atoms with Gasteiger partial charge in [-0.25, -0.2) is 18.7 Å². The van der Waals surface area contributed by atoms with Gasteiger partial charge in [0, 0.05) is 22.6 Å². The molecule has 0 aliphatic heterocycles. The molecule has 0 atom stereocenters. The third-order valence-electron chi connectivity index (χ3n) is 4.17. The van der Waals surface area contributed by atoms with E-state index in [2.05, 4.69) is 30.4 Å². The summed E-state index contributed by atoms with van der Waals surface area (Å²) < 4.78 is 26.0. The van der Waals surface area contributed by atoms with Gasteiger partial charge in [0.2, 0.25) is 10.3 Å². The van der Waals surface area contributed by atoms with Gasteiger partial charge < -0.3 is 0 Å². The fourth-order valence-corrected chi connectivity index (χ4v) is 4.22. The van der Waals surface area contributed by atoms with Crippen molar-refractivity contribution in [2.24, 2.45) is 0 Å². The quantitative estimate of drug-likeness (QED) is 0.273. The van der Waals surface area contributed by atoms with Crippen molar-refractivity contribution in [2.45, 2.75) is 23.2 Å². The van der Waals surface area contributed by atoms with Crippen LogP contribution in [0, 0.1) is 11.6 Å². The molecule has 154 valence electrons. The Labute approximate surface area is 180 Å². The number of nitrogens with one attached hydrogen (secondary N) is 2. The normalized spacial score (nSPS) is 11.1. The Morgan fingerprint density at radius 1 is 0.633 bits per heavy atom. The summed E-state index contributed by atoms with van der Waals surface area (Å²) in [5.41, 5.74) is 1.61. The van der Waals surface area contributed by atoms with Crippen LogP contribution >= 0.6 is 23.5 Å². The number of unbranched alkanes of at least 4 members (excludes halogenated alkanes) is 1. The zero-order valence-electron chi connectivity index (χ0n) is 15.8. The molecule has 2 aromatic carbocycles. The van der Waals surface area contributed by atoms with Crippen LogP contribution in [0.25, 0.3) is 22.8 Å². The monoisotopic (exact) mass is 444 g/mol. The first-order valence-corrected chi connectivity index (χ1v) is 11.3. The second-order valence-electron chi connectivity index (χ2n) is 6.35. The molecule has 0 spiro atoms. The number of halogens is 2. The molecule has 4 rings (SSSR count). The maximum atomic E-state index is 13.0. The van der Waals surface area contributed by atoms with Gasteiger partial charge in [-0.15, -0.1) is 10.2 Å². The number of rotatable bonds is 9. The number of H-pyrrole nitrogens is 2. The van der Waals surface area contributed by atoms with E-state index >= 15 is 0 Å². The Hall–Kier alpha value is -2.72. The third kappa shape index (κ3) is 5.45. The molecule has 0 saturated heterocycles. The van der Waals surface area contributed by atoms with Crippen molar-refractivity contribution in [3.63, 3.8) is 0 Å². The van der Waals surface area contributed by atoms with E-state index in [4.69, 9.17) is 0 Å². The Morgan fingerprint density at radius 2 is 1.03 bits per heavy atom. The Morgan fingerprint density at radius 3 is 1.43 bits per heavy atom. The highest BCUT2D eigenvalue weighted by Gasteiger charge is 2.08. The van der Waals surface area contributed by atoms with Crippen LogP contribution < -0.4 is 0 Å².